The molecule has 2 rings (SSSR count). The lowest BCUT2D eigenvalue weighted by molar-refractivity contribution is 0.0697. The highest BCUT2D eigenvalue weighted by atomic mass is 32.1. The summed E-state index contributed by atoms with van der Waals surface area (Å²) in [5.41, 5.74) is 2.02. The molecule has 0 spiro atoms. The molecule has 2 aromatic rings. The molecule has 0 saturated carbocycles. The number of nitrogens with zero attached hydrogens (tertiary/aromatic N) is 1. The standard InChI is InChI=1S/C12H11NO2S/c1-2-8-6-10(16-7-8)11-9(12(14)15)4-3-5-13-11/h3-7H,2H2,1H3,(H,14,15). The fourth-order valence-electron chi connectivity index (χ4n) is 1.46. The fraction of sp³-hybridized carbons (Fsp3) is 0.167. The van der Waals surface area contributed by atoms with Crippen LogP contribution in [0.3, 0.4) is 0 Å². The van der Waals surface area contributed by atoms with E-state index in [1.54, 1.807) is 18.3 Å². The maximum Gasteiger partial charge on any atom is 0.337 e. The summed E-state index contributed by atoms with van der Waals surface area (Å²) in [5, 5.41) is 11.1. The molecule has 0 bridgehead atoms. The van der Waals surface area contributed by atoms with E-state index >= 15 is 0 Å². The number of pyridine rings is 1. The molecular formula is C12H11NO2S. The number of carbonyl (C=O) groups is 1. The van der Waals surface area contributed by atoms with Crippen LogP contribution in [0.2, 0.25) is 0 Å². The van der Waals surface area contributed by atoms with Crippen molar-refractivity contribution in [1.82, 2.24) is 4.98 Å². The molecule has 1 N–H and O–H groups in total. The van der Waals surface area contributed by atoms with E-state index in [-0.39, 0.29) is 5.56 Å². The lowest BCUT2D eigenvalue weighted by atomic mass is 10.1. The van der Waals surface area contributed by atoms with E-state index < -0.39 is 5.97 Å². The molecule has 3 nitrogen and oxygen atoms in total. The Morgan fingerprint density at radius 1 is 1.56 bits per heavy atom. The Bertz CT molecular complexity index is 519. The molecule has 0 aliphatic carbocycles. The van der Waals surface area contributed by atoms with Crippen LogP contribution in [0.4, 0.5) is 0 Å². The Hall–Kier alpha value is -1.68. The van der Waals surface area contributed by atoms with Crippen molar-refractivity contribution < 1.29 is 9.90 Å². The molecule has 0 aromatic carbocycles. The molecule has 0 aliphatic rings. The Balaban J connectivity index is 2.50. The zero-order valence-corrected chi connectivity index (χ0v) is 9.62. The molecule has 0 fully saturated rings. The van der Waals surface area contributed by atoms with Crippen LogP contribution in [0.5, 0.6) is 0 Å². The topological polar surface area (TPSA) is 50.2 Å². The number of carboxylic acids is 1. The molecule has 0 unspecified atom stereocenters. The lowest BCUT2D eigenvalue weighted by Crippen LogP contribution is -2.00. The van der Waals surface area contributed by atoms with Gasteiger partial charge >= 0.3 is 5.97 Å². The third-order valence-electron chi connectivity index (χ3n) is 2.33. The van der Waals surface area contributed by atoms with Crippen LogP contribution in [0.15, 0.2) is 29.8 Å². The van der Waals surface area contributed by atoms with E-state index in [9.17, 15) is 4.79 Å². The molecule has 0 atom stereocenters. The number of hydrogen-bond donors (Lipinski definition) is 1. The van der Waals surface area contributed by atoms with E-state index in [2.05, 4.69) is 11.9 Å². The number of aryl methyl sites for hydroxylation is 1. The lowest BCUT2D eigenvalue weighted by Gasteiger charge is -2.01. The SMILES string of the molecule is CCc1csc(-c2ncccc2C(=O)O)c1. The second-order valence-electron chi connectivity index (χ2n) is 3.38. The first-order valence-electron chi connectivity index (χ1n) is 4.98. The normalized spacial score (nSPS) is 10.3. The van der Waals surface area contributed by atoms with Gasteiger partial charge in [-0.25, -0.2) is 4.79 Å². The van der Waals surface area contributed by atoms with Gasteiger partial charge in [0.2, 0.25) is 0 Å². The second kappa shape index (κ2) is 4.45. The average Bonchev–Trinajstić information content (AvgIpc) is 2.77. The average molecular weight is 233 g/mol. The zero-order valence-electron chi connectivity index (χ0n) is 8.80. The summed E-state index contributed by atoms with van der Waals surface area (Å²) < 4.78 is 0. The van der Waals surface area contributed by atoms with Gasteiger partial charge in [-0.3, -0.25) is 4.98 Å². The molecule has 82 valence electrons. The van der Waals surface area contributed by atoms with Gasteiger partial charge in [-0.2, -0.15) is 0 Å². The highest BCUT2D eigenvalue weighted by molar-refractivity contribution is 7.13. The molecule has 0 radical (unpaired) electrons. The minimum absolute atomic E-state index is 0.256. The van der Waals surface area contributed by atoms with Crippen LogP contribution in [0.25, 0.3) is 10.6 Å². The molecule has 0 saturated heterocycles. The first-order valence-corrected chi connectivity index (χ1v) is 5.86. The number of hydrogen-bond acceptors (Lipinski definition) is 3. The van der Waals surface area contributed by atoms with Gasteiger partial charge in [0.25, 0.3) is 0 Å². The number of aromatic carboxylic acids is 1. The zero-order chi connectivity index (χ0) is 11.5. The number of thiophene rings is 1. The van der Waals surface area contributed by atoms with Crippen LogP contribution < -0.4 is 0 Å². The summed E-state index contributed by atoms with van der Waals surface area (Å²) in [6.45, 7) is 2.07. The maximum atomic E-state index is 11.0. The Labute approximate surface area is 97.4 Å². The predicted molar refractivity (Wildman–Crippen MR) is 63.9 cm³/mol. The Morgan fingerprint density at radius 3 is 3.00 bits per heavy atom. The van der Waals surface area contributed by atoms with Crippen LogP contribution in [-0.4, -0.2) is 16.1 Å². The van der Waals surface area contributed by atoms with E-state index in [0.717, 1.165) is 11.3 Å². The maximum absolute atomic E-state index is 11.0. The third kappa shape index (κ3) is 1.97. The summed E-state index contributed by atoms with van der Waals surface area (Å²) in [6, 6.07) is 5.22. The molecule has 0 aliphatic heterocycles. The third-order valence-corrected chi connectivity index (χ3v) is 3.32. The van der Waals surface area contributed by atoms with Crippen molar-refractivity contribution in [2.45, 2.75) is 13.3 Å². The van der Waals surface area contributed by atoms with E-state index in [1.165, 1.54) is 16.9 Å². The molecule has 0 amide bonds. The van der Waals surface area contributed by atoms with E-state index in [4.69, 9.17) is 5.11 Å². The molecule has 4 heteroatoms. The van der Waals surface area contributed by atoms with Crippen molar-refractivity contribution >= 4 is 17.3 Å². The predicted octanol–water partition coefficient (Wildman–Crippen LogP) is 3.07. The molecular weight excluding hydrogens is 222 g/mol. The Kier molecular flexibility index (Phi) is 3.01. The molecule has 16 heavy (non-hydrogen) atoms. The van der Waals surface area contributed by atoms with E-state index in [0.29, 0.717) is 5.69 Å². The van der Waals surface area contributed by atoms with Crippen molar-refractivity contribution in [3.8, 4) is 10.6 Å². The highest BCUT2D eigenvalue weighted by Gasteiger charge is 2.13. The minimum Gasteiger partial charge on any atom is -0.478 e. The van der Waals surface area contributed by atoms with E-state index in [1.807, 2.05) is 11.4 Å². The van der Waals surface area contributed by atoms with Crippen molar-refractivity contribution in [3.05, 3.63) is 40.9 Å². The van der Waals surface area contributed by atoms with Crippen LogP contribution >= 0.6 is 11.3 Å². The summed E-state index contributed by atoms with van der Waals surface area (Å²) in [6.07, 6.45) is 2.57. The number of carboxylic acid groups (broad SMARTS) is 1. The van der Waals surface area contributed by atoms with Crippen molar-refractivity contribution in [2.24, 2.45) is 0 Å². The number of rotatable bonds is 3. The van der Waals surface area contributed by atoms with Crippen LogP contribution in [-0.2, 0) is 6.42 Å². The Morgan fingerprint density at radius 2 is 2.38 bits per heavy atom. The monoisotopic (exact) mass is 233 g/mol. The second-order valence-corrected chi connectivity index (χ2v) is 4.29. The fourth-order valence-corrected chi connectivity index (χ4v) is 2.47. The van der Waals surface area contributed by atoms with Gasteiger partial charge < -0.3 is 5.11 Å². The van der Waals surface area contributed by atoms with Gasteiger partial charge in [0.15, 0.2) is 0 Å². The minimum atomic E-state index is -0.936. The van der Waals surface area contributed by atoms with Gasteiger partial charge in [0.1, 0.15) is 0 Å². The van der Waals surface area contributed by atoms with Gasteiger partial charge in [0.05, 0.1) is 16.1 Å². The van der Waals surface area contributed by atoms with Gasteiger partial charge in [-0.05, 0) is 35.6 Å². The summed E-state index contributed by atoms with van der Waals surface area (Å²) in [7, 11) is 0. The summed E-state index contributed by atoms with van der Waals surface area (Å²) in [5.74, 6) is -0.936. The number of aromatic nitrogens is 1. The van der Waals surface area contributed by atoms with Crippen molar-refractivity contribution in [3.63, 3.8) is 0 Å². The largest absolute Gasteiger partial charge is 0.478 e. The summed E-state index contributed by atoms with van der Waals surface area (Å²) >= 11 is 1.53. The van der Waals surface area contributed by atoms with Crippen molar-refractivity contribution in [2.75, 3.05) is 0 Å². The smallest absolute Gasteiger partial charge is 0.337 e. The highest BCUT2D eigenvalue weighted by Crippen LogP contribution is 2.28. The first kappa shape index (κ1) is 10.8. The van der Waals surface area contributed by atoms with Gasteiger partial charge in [0, 0.05) is 6.20 Å². The van der Waals surface area contributed by atoms with Crippen molar-refractivity contribution in [1.29, 1.82) is 0 Å². The van der Waals surface area contributed by atoms with Gasteiger partial charge in [-0.15, -0.1) is 11.3 Å². The van der Waals surface area contributed by atoms with Crippen LogP contribution in [0.1, 0.15) is 22.8 Å². The molecule has 2 heterocycles. The first-order chi connectivity index (χ1) is 7.72. The van der Waals surface area contributed by atoms with Crippen LogP contribution in [0, 0.1) is 0 Å². The quantitative estimate of drug-likeness (QED) is 0.886. The molecule has 2 aromatic heterocycles. The summed E-state index contributed by atoms with van der Waals surface area (Å²) in [4.78, 5) is 16.1. The van der Waals surface area contributed by atoms with Gasteiger partial charge in [-0.1, -0.05) is 6.92 Å².